The minimum atomic E-state index is -0.464. The van der Waals surface area contributed by atoms with Crippen molar-refractivity contribution in [3.8, 4) is 0 Å². The molecule has 0 radical (unpaired) electrons. The molecule has 1 aliphatic rings. The predicted octanol–water partition coefficient (Wildman–Crippen LogP) is 0.420. The summed E-state index contributed by atoms with van der Waals surface area (Å²) in [4.78, 5) is 26.4. The SMILES string of the molecule is C=C(C)C(=O)OC1CN(COC)C(=O)N(COC)C1. The van der Waals surface area contributed by atoms with E-state index >= 15 is 0 Å². The summed E-state index contributed by atoms with van der Waals surface area (Å²) in [5.41, 5.74) is 0.327. The highest BCUT2D eigenvalue weighted by atomic mass is 16.5. The lowest BCUT2D eigenvalue weighted by Crippen LogP contribution is -2.57. The third-order valence-electron chi connectivity index (χ3n) is 2.58. The second kappa shape index (κ2) is 7.10. The van der Waals surface area contributed by atoms with Crippen LogP contribution in [0.4, 0.5) is 4.79 Å². The molecule has 19 heavy (non-hydrogen) atoms. The first kappa shape index (κ1) is 15.5. The van der Waals surface area contributed by atoms with E-state index in [0.29, 0.717) is 18.7 Å². The van der Waals surface area contributed by atoms with Gasteiger partial charge in [-0.1, -0.05) is 6.58 Å². The Hall–Kier alpha value is -1.60. The number of methoxy groups -OCH3 is 2. The third kappa shape index (κ3) is 4.22. The summed E-state index contributed by atoms with van der Waals surface area (Å²) >= 11 is 0. The highest BCUT2D eigenvalue weighted by Crippen LogP contribution is 2.13. The summed E-state index contributed by atoms with van der Waals surface area (Å²) in [5, 5.41) is 0. The lowest BCUT2D eigenvalue weighted by Gasteiger charge is -2.38. The molecule has 1 heterocycles. The molecule has 108 valence electrons. The van der Waals surface area contributed by atoms with E-state index in [0.717, 1.165) is 0 Å². The second-order valence-corrected chi connectivity index (χ2v) is 4.37. The Morgan fingerprint density at radius 1 is 1.26 bits per heavy atom. The van der Waals surface area contributed by atoms with Crippen LogP contribution in [-0.4, -0.2) is 68.7 Å². The number of carbonyl (C=O) groups excluding carboxylic acids is 2. The monoisotopic (exact) mass is 272 g/mol. The van der Waals surface area contributed by atoms with Gasteiger partial charge < -0.3 is 14.2 Å². The van der Waals surface area contributed by atoms with Crippen LogP contribution in [0.25, 0.3) is 0 Å². The number of ether oxygens (including phenoxy) is 3. The smallest absolute Gasteiger partial charge is 0.333 e. The molecule has 0 N–H and O–H groups in total. The normalized spacial score (nSPS) is 16.7. The molecule has 0 saturated carbocycles. The lowest BCUT2D eigenvalue weighted by atomic mass is 10.2. The zero-order valence-corrected chi connectivity index (χ0v) is 11.5. The number of amides is 2. The highest BCUT2D eigenvalue weighted by molar-refractivity contribution is 5.87. The van der Waals surface area contributed by atoms with Gasteiger partial charge in [-0.2, -0.15) is 0 Å². The minimum Gasteiger partial charge on any atom is -0.455 e. The number of esters is 1. The fourth-order valence-corrected chi connectivity index (χ4v) is 1.76. The van der Waals surface area contributed by atoms with E-state index in [-0.39, 0.29) is 19.5 Å². The molecule has 1 rings (SSSR count). The van der Waals surface area contributed by atoms with Gasteiger partial charge in [0, 0.05) is 19.8 Å². The van der Waals surface area contributed by atoms with Crippen molar-refractivity contribution in [3.05, 3.63) is 12.2 Å². The van der Waals surface area contributed by atoms with Crippen LogP contribution >= 0.6 is 0 Å². The van der Waals surface area contributed by atoms with Gasteiger partial charge in [0.15, 0.2) is 0 Å². The van der Waals surface area contributed by atoms with Gasteiger partial charge in [-0.05, 0) is 6.92 Å². The zero-order chi connectivity index (χ0) is 14.4. The first-order valence-corrected chi connectivity index (χ1v) is 5.87. The van der Waals surface area contributed by atoms with Crippen molar-refractivity contribution in [1.82, 2.24) is 9.80 Å². The Morgan fingerprint density at radius 2 is 1.74 bits per heavy atom. The number of urea groups is 1. The summed E-state index contributed by atoms with van der Waals surface area (Å²) in [6, 6.07) is -0.202. The van der Waals surface area contributed by atoms with Crippen molar-refractivity contribution in [3.63, 3.8) is 0 Å². The van der Waals surface area contributed by atoms with E-state index < -0.39 is 12.1 Å². The zero-order valence-electron chi connectivity index (χ0n) is 11.5. The molecule has 0 bridgehead atoms. The van der Waals surface area contributed by atoms with E-state index in [2.05, 4.69) is 6.58 Å². The van der Waals surface area contributed by atoms with Crippen molar-refractivity contribution < 1.29 is 23.8 Å². The number of nitrogens with zero attached hydrogens (tertiary/aromatic N) is 2. The van der Waals surface area contributed by atoms with Crippen LogP contribution in [0.3, 0.4) is 0 Å². The molecule has 1 fully saturated rings. The summed E-state index contributed by atoms with van der Waals surface area (Å²) in [7, 11) is 2.99. The van der Waals surface area contributed by atoms with Gasteiger partial charge in [-0.25, -0.2) is 9.59 Å². The Balaban J connectivity index is 2.70. The van der Waals surface area contributed by atoms with Crippen LogP contribution in [0.2, 0.25) is 0 Å². The largest absolute Gasteiger partial charge is 0.455 e. The van der Waals surface area contributed by atoms with Crippen LogP contribution in [0, 0.1) is 0 Å². The molecule has 0 aromatic rings. The molecule has 0 atom stereocenters. The first-order chi connectivity index (χ1) is 8.99. The summed E-state index contributed by atoms with van der Waals surface area (Å²) in [5.74, 6) is -0.464. The molecule has 0 unspecified atom stereocenters. The van der Waals surface area contributed by atoms with Crippen molar-refractivity contribution in [2.45, 2.75) is 13.0 Å². The molecular formula is C12H20N2O5. The fourth-order valence-electron chi connectivity index (χ4n) is 1.76. The van der Waals surface area contributed by atoms with E-state index in [1.807, 2.05) is 0 Å². The number of hydrogen-bond donors (Lipinski definition) is 0. The molecule has 0 aliphatic carbocycles. The molecule has 0 aromatic heterocycles. The van der Waals surface area contributed by atoms with Gasteiger partial charge in [-0.15, -0.1) is 0 Å². The van der Waals surface area contributed by atoms with Gasteiger partial charge in [0.1, 0.15) is 19.6 Å². The fraction of sp³-hybridized carbons (Fsp3) is 0.667. The summed E-state index contributed by atoms with van der Waals surface area (Å²) < 4.78 is 15.2. The highest BCUT2D eigenvalue weighted by Gasteiger charge is 2.33. The van der Waals surface area contributed by atoms with Crippen LogP contribution < -0.4 is 0 Å². The van der Waals surface area contributed by atoms with Crippen molar-refractivity contribution >= 4 is 12.0 Å². The second-order valence-electron chi connectivity index (χ2n) is 4.37. The van der Waals surface area contributed by atoms with Crippen LogP contribution in [-0.2, 0) is 19.0 Å². The van der Waals surface area contributed by atoms with Crippen LogP contribution in [0.5, 0.6) is 0 Å². The van der Waals surface area contributed by atoms with Gasteiger partial charge in [0.2, 0.25) is 0 Å². The number of hydrogen-bond acceptors (Lipinski definition) is 5. The molecule has 7 heteroatoms. The van der Waals surface area contributed by atoms with Gasteiger partial charge in [0.05, 0.1) is 13.1 Å². The van der Waals surface area contributed by atoms with E-state index in [1.54, 1.807) is 6.92 Å². The van der Waals surface area contributed by atoms with Gasteiger partial charge >= 0.3 is 12.0 Å². The maximum Gasteiger partial charge on any atom is 0.333 e. The van der Waals surface area contributed by atoms with E-state index in [1.165, 1.54) is 24.0 Å². The van der Waals surface area contributed by atoms with Crippen molar-refractivity contribution in [2.24, 2.45) is 0 Å². The average Bonchev–Trinajstić information content (AvgIpc) is 2.35. The topological polar surface area (TPSA) is 68.3 Å². The van der Waals surface area contributed by atoms with Crippen LogP contribution in [0.15, 0.2) is 12.2 Å². The molecular weight excluding hydrogens is 252 g/mol. The molecule has 0 spiro atoms. The standard InChI is InChI=1S/C12H20N2O5/c1-9(2)11(15)19-10-5-13(7-17-3)12(16)14(6-10)8-18-4/h10H,1,5-8H2,2-4H3. The average molecular weight is 272 g/mol. The van der Waals surface area contributed by atoms with Gasteiger partial charge in [0.25, 0.3) is 0 Å². The molecule has 2 amide bonds. The summed E-state index contributed by atoms with van der Waals surface area (Å²) in [6.45, 7) is 5.98. The quantitative estimate of drug-likeness (QED) is 0.518. The van der Waals surface area contributed by atoms with E-state index in [4.69, 9.17) is 14.2 Å². The Bertz CT molecular complexity index is 340. The van der Waals surface area contributed by atoms with Crippen molar-refractivity contribution in [1.29, 1.82) is 0 Å². The van der Waals surface area contributed by atoms with Gasteiger partial charge in [-0.3, -0.25) is 9.80 Å². The third-order valence-corrected chi connectivity index (χ3v) is 2.58. The maximum absolute atomic E-state index is 12.0. The Morgan fingerprint density at radius 3 is 2.11 bits per heavy atom. The maximum atomic E-state index is 12.0. The molecule has 1 aliphatic heterocycles. The molecule has 1 saturated heterocycles. The predicted molar refractivity (Wildman–Crippen MR) is 67.3 cm³/mol. The first-order valence-electron chi connectivity index (χ1n) is 5.87. The Labute approximate surface area is 112 Å². The van der Waals surface area contributed by atoms with Crippen LogP contribution in [0.1, 0.15) is 6.92 Å². The molecule has 7 nitrogen and oxygen atoms in total. The summed E-state index contributed by atoms with van der Waals surface area (Å²) in [6.07, 6.45) is -0.424. The van der Waals surface area contributed by atoms with Crippen molar-refractivity contribution in [2.75, 3.05) is 40.8 Å². The number of rotatable bonds is 6. The van der Waals surface area contributed by atoms with E-state index in [9.17, 15) is 9.59 Å². The lowest BCUT2D eigenvalue weighted by molar-refractivity contribution is -0.148. The Kier molecular flexibility index (Phi) is 5.78. The minimum absolute atomic E-state index is 0.139. The number of carbonyl (C=O) groups is 2. The molecule has 0 aromatic carbocycles.